The van der Waals surface area contributed by atoms with Gasteiger partial charge in [0.1, 0.15) is 5.49 Å². The van der Waals surface area contributed by atoms with E-state index in [2.05, 4.69) is 63.2 Å². The first-order valence-corrected chi connectivity index (χ1v) is 14.8. The average molecular weight is 582 g/mol. The van der Waals surface area contributed by atoms with Crippen LogP contribution in [-0.2, 0) is 13.0 Å². The second kappa shape index (κ2) is 10.4. The van der Waals surface area contributed by atoms with Gasteiger partial charge in [0.2, 0.25) is 5.84 Å². The fourth-order valence-corrected chi connectivity index (χ4v) is 7.31. The van der Waals surface area contributed by atoms with E-state index in [0.717, 1.165) is 36.2 Å². The number of aryl methyl sites for hydroxylation is 2. The van der Waals surface area contributed by atoms with Crippen molar-refractivity contribution in [1.82, 2.24) is 13.9 Å². The summed E-state index contributed by atoms with van der Waals surface area (Å²) in [5, 5.41) is 16.1. The van der Waals surface area contributed by atoms with Crippen LogP contribution in [0.3, 0.4) is 0 Å². The number of alkyl halides is 3. The molecule has 3 heterocycles. The van der Waals surface area contributed by atoms with Crippen molar-refractivity contribution in [2.45, 2.75) is 84.3 Å². The van der Waals surface area contributed by atoms with Crippen LogP contribution >= 0.6 is 11.9 Å². The van der Waals surface area contributed by atoms with Gasteiger partial charge in [-0.3, -0.25) is 20.4 Å². The summed E-state index contributed by atoms with van der Waals surface area (Å²) in [4.78, 5) is 6.01. The smallest absolute Gasteiger partial charge is 0.284 e. The molecule has 5 rings (SSSR count). The van der Waals surface area contributed by atoms with Gasteiger partial charge in [-0.15, -0.1) is 0 Å². The van der Waals surface area contributed by atoms with Crippen molar-refractivity contribution in [2.24, 2.45) is 10.8 Å². The summed E-state index contributed by atoms with van der Waals surface area (Å²) in [7, 11) is 0. The fraction of sp³-hybridized carbons (Fsp3) is 0.469. The molecule has 2 N–H and O–H groups in total. The molecule has 1 aliphatic carbocycles. The number of halogens is 3. The lowest BCUT2D eigenvalue weighted by Gasteiger charge is -2.34. The maximum atomic E-state index is 13.3. The highest BCUT2D eigenvalue weighted by atomic mass is 32.2. The summed E-state index contributed by atoms with van der Waals surface area (Å²) in [6, 6.07) is 10.4. The second-order valence-electron chi connectivity index (χ2n) is 13.0. The second-order valence-corrected chi connectivity index (χ2v) is 14.1. The van der Waals surface area contributed by atoms with Gasteiger partial charge in [-0.25, -0.2) is 4.31 Å². The van der Waals surface area contributed by atoms with E-state index in [4.69, 9.17) is 15.8 Å². The maximum absolute atomic E-state index is 13.3. The lowest BCUT2D eigenvalue weighted by Crippen LogP contribution is -2.38. The van der Waals surface area contributed by atoms with Gasteiger partial charge in [0.25, 0.3) is 0 Å². The number of pyridine rings is 2. The molecule has 218 valence electrons. The number of rotatable bonds is 4. The van der Waals surface area contributed by atoms with Gasteiger partial charge in [-0.2, -0.15) is 13.2 Å². The van der Waals surface area contributed by atoms with Crippen LogP contribution in [0.15, 0.2) is 47.6 Å². The van der Waals surface area contributed by atoms with Crippen LogP contribution in [0, 0.1) is 42.4 Å². The van der Waals surface area contributed by atoms with Crippen molar-refractivity contribution in [1.29, 1.82) is 10.8 Å². The number of hydrogen-bond donors (Lipinski definition) is 2. The molecule has 1 aliphatic heterocycles. The molecule has 3 aromatic rings. The molecule has 1 spiro atoms. The lowest BCUT2D eigenvalue weighted by atomic mass is 9.71. The van der Waals surface area contributed by atoms with Crippen molar-refractivity contribution in [3.63, 3.8) is 0 Å². The normalized spacial score (nSPS) is 17.7. The number of hydrogen-bond acceptors (Lipinski definition) is 5. The molecule has 1 atom stereocenters. The van der Waals surface area contributed by atoms with Crippen LogP contribution in [0.1, 0.15) is 78.6 Å². The highest BCUT2D eigenvalue weighted by Gasteiger charge is 2.46. The predicted molar refractivity (Wildman–Crippen MR) is 157 cm³/mol. The van der Waals surface area contributed by atoms with E-state index in [-0.39, 0.29) is 16.8 Å². The predicted octanol–water partition coefficient (Wildman–Crippen LogP) is 7.70. The molecule has 0 amide bonds. The Morgan fingerprint density at radius 3 is 2.44 bits per heavy atom. The highest BCUT2D eigenvalue weighted by molar-refractivity contribution is 7.97. The first-order valence-electron chi connectivity index (χ1n) is 14.0. The number of benzene rings is 1. The molecule has 1 unspecified atom stereocenters. The van der Waals surface area contributed by atoms with E-state index in [1.807, 2.05) is 6.20 Å². The molecule has 41 heavy (non-hydrogen) atoms. The third-order valence-corrected chi connectivity index (χ3v) is 9.54. The topological polar surface area (TPSA) is 68.8 Å². The van der Waals surface area contributed by atoms with Crippen molar-refractivity contribution in [3.8, 4) is 0 Å². The Morgan fingerprint density at radius 1 is 1.10 bits per heavy atom. The third kappa shape index (κ3) is 6.02. The molecule has 9 heteroatoms. The molecule has 2 aliphatic rings. The summed E-state index contributed by atoms with van der Waals surface area (Å²) >= 11 is 1.80. The van der Waals surface area contributed by atoms with E-state index in [9.17, 15) is 13.2 Å². The SMILES string of the molecule is Cc1cnc2c(c1)SN(Cc1cc(C(c3ccn(C(=N)C(F)(F)F)c(=N)c3C)C(C)(C)C)ccc1C)CC1(CC1)C2. The van der Waals surface area contributed by atoms with Gasteiger partial charge in [0.15, 0.2) is 0 Å². The quantitative estimate of drug-likeness (QED) is 0.189. The number of nitrogens with one attached hydrogen (secondary N) is 2. The zero-order valence-electron chi connectivity index (χ0n) is 24.5. The molecule has 1 fully saturated rings. The molecule has 5 nitrogen and oxygen atoms in total. The Hall–Kier alpha value is -2.91. The van der Waals surface area contributed by atoms with E-state index >= 15 is 0 Å². The maximum Gasteiger partial charge on any atom is 0.449 e. The van der Waals surface area contributed by atoms with Crippen LogP contribution in [0.2, 0.25) is 0 Å². The molecule has 0 radical (unpaired) electrons. The van der Waals surface area contributed by atoms with Gasteiger partial charge in [-0.05, 0) is 108 Å². The lowest BCUT2D eigenvalue weighted by molar-refractivity contribution is -0.0626. The van der Waals surface area contributed by atoms with Gasteiger partial charge in [0, 0.05) is 36.3 Å². The summed E-state index contributed by atoms with van der Waals surface area (Å²) in [5.41, 5.74) is 6.80. The van der Waals surface area contributed by atoms with Crippen LogP contribution in [0.25, 0.3) is 0 Å². The Morgan fingerprint density at radius 2 is 1.80 bits per heavy atom. The largest absolute Gasteiger partial charge is 0.449 e. The standard InChI is InChI=1S/C32H38F3N5S/c1-19-13-26-25(38-16-19)15-31(10-11-31)18-39(41-26)17-23-14-22(8-7-20(23)2)27(30(4,5)6)24-9-12-40(28(36)21(24)3)29(37)32(33,34)35/h7-9,12-14,16,27,36-37H,10-11,15,17-18H2,1-6H3. The van der Waals surface area contributed by atoms with Gasteiger partial charge < -0.3 is 0 Å². The van der Waals surface area contributed by atoms with E-state index < -0.39 is 12.0 Å². The zero-order valence-corrected chi connectivity index (χ0v) is 25.4. The number of aromatic nitrogens is 2. The van der Waals surface area contributed by atoms with Gasteiger partial charge in [0.05, 0.1) is 5.69 Å². The molecule has 0 bridgehead atoms. The fourth-order valence-electron chi connectivity index (χ4n) is 6.02. The Bertz CT molecular complexity index is 1560. The van der Waals surface area contributed by atoms with Crippen LogP contribution < -0.4 is 5.49 Å². The van der Waals surface area contributed by atoms with Crippen LogP contribution in [-0.4, -0.2) is 32.4 Å². The van der Waals surface area contributed by atoms with Gasteiger partial charge in [-0.1, -0.05) is 39.0 Å². The molecule has 1 saturated carbocycles. The Kier molecular flexibility index (Phi) is 7.52. The first kappa shape index (κ1) is 29.6. The van der Waals surface area contributed by atoms with E-state index in [1.165, 1.54) is 40.8 Å². The van der Waals surface area contributed by atoms with Crippen LogP contribution in [0.4, 0.5) is 13.2 Å². The molecule has 0 saturated heterocycles. The number of nitrogens with zero attached hydrogens (tertiary/aromatic N) is 3. The van der Waals surface area contributed by atoms with Crippen molar-refractivity contribution in [2.75, 3.05) is 6.54 Å². The number of fused-ring (bicyclic) bond motifs is 1. The van der Waals surface area contributed by atoms with Crippen molar-refractivity contribution < 1.29 is 13.2 Å². The monoisotopic (exact) mass is 581 g/mol. The summed E-state index contributed by atoms with van der Waals surface area (Å²) in [6.45, 7) is 14.0. The summed E-state index contributed by atoms with van der Waals surface area (Å²) in [5.74, 6) is -1.71. The molecular formula is C32H38F3N5S. The summed E-state index contributed by atoms with van der Waals surface area (Å²) in [6.07, 6.45) is 1.81. The summed E-state index contributed by atoms with van der Waals surface area (Å²) < 4.78 is 42.9. The van der Waals surface area contributed by atoms with Gasteiger partial charge >= 0.3 is 6.18 Å². The minimum atomic E-state index is -4.83. The van der Waals surface area contributed by atoms with Crippen LogP contribution in [0.5, 0.6) is 0 Å². The van der Waals surface area contributed by atoms with E-state index in [1.54, 1.807) is 24.9 Å². The Balaban J connectivity index is 1.51. The highest BCUT2D eigenvalue weighted by Crippen LogP contribution is 2.53. The van der Waals surface area contributed by atoms with Crippen molar-refractivity contribution in [3.05, 3.63) is 87.3 Å². The Labute approximate surface area is 244 Å². The van der Waals surface area contributed by atoms with Crippen molar-refractivity contribution >= 4 is 17.8 Å². The van der Waals surface area contributed by atoms with E-state index in [0.29, 0.717) is 15.5 Å². The zero-order chi connectivity index (χ0) is 29.9. The third-order valence-electron chi connectivity index (χ3n) is 8.48. The minimum Gasteiger partial charge on any atom is -0.284 e. The first-order chi connectivity index (χ1) is 19.1. The average Bonchev–Trinajstić information content (AvgIpc) is 3.64. The molecular weight excluding hydrogens is 543 g/mol. The molecule has 1 aromatic carbocycles. The molecule has 2 aromatic heterocycles. The minimum absolute atomic E-state index is 0.153.